The summed E-state index contributed by atoms with van der Waals surface area (Å²) < 4.78 is 1.61. The molecule has 14 heavy (non-hydrogen) atoms. The SMILES string of the molecule is SCC#Cc1cnc2ccc(Cl)nn12. The summed E-state index contributed by atoms with van der Waals surface area (Å²) in [7, 11) is 0. The second kappa shape index (κ2) is 3.91. The summed E-state index contributed by atoms with van der Waals surface area (Å²) in [5, 5.41) is 4.50. The van der Waals surface area contributed by atoms with Gasteiger partial charge in [0.25, 0.3) is 0 Å². The molecule has 0 radical (unpaired) electrons. The molecule has 0 bridgehead atoms. The van der Waals surface area contributed by atoms with Crippen molar-refractivity contribution in [2.45, 2.75) is 0 Å². The van der Waals surface area contributed by atoms with Crippen molar-refractivity contribution in [1.29, 1.82) is 0 Å². The van der Waals surface area contributed by atoms with E-state index in [1.165, 1.54) is 0 Å². The zero-order valence-corrected chi connectivity index (χ0v) is 8.76. The standard InChI is InChI=1S/C9H6ClN3S/c10-8-3-4-9-11-6-7(2-1-5-14)13(9)12-8/h3-4,6,14H,5H2. The Labute approximate surface area is 91.5 Å². The second-order valence-corrected chi connectivity index (χ2v) is 3.23. The van der Waals surface area contributed by atoms with Crippen molar-refractivity contribution in [1.82, 2.24) is 14.6 Å². The third-order valence-corrected chi connectivity index (χ3v) is 1.98. The fourth-order valence-electron chi connectivity index (χ4n) is 1.07. The van der Waals surface area contributed by atoms with Gasteiger partial charge in [0.15, 0.2) is 5.65 Å². The van der Waals surface area contributed by atoms with Gasteiger partial charge in [0.1, 0.15) is 10.8 Å². The molecule has 0 fully saturated rings. The summed E-state index contributed by atoms with van der Waals surface area (Å²) in [4.78, 5) is 4.13. The largest absolute Gasteiger partial charge is 0.234 e. The molecule has 2 rings (SSSR count). The lowest BCUT2D eigenvalue weighted by Crippen LogP contribution is -1.93. The van der Waals surface area contributed by atoms with Crippen LogP contribution in [0.25, 0.3) is 5.65 Å². The highest BCUT2D eigenvalue weighted by Crippen LogP contribution is 2.08. The number of hydrogen-bond acceptors (Lipinski definition) is 3. The highest BCUT2D eigenvalue weighted by Gasteiger charge is 2.01. The maximum absolute atomic E-state index is 5.76. The quantitative estimate of drug-likeness (QED) is 0.544. The average Bonchev–Trinajstić information content (AvgIpc) is 2.57. The zero-order chi connectivity index (χ0) is 9.97. The lowest BCUT2D eigenvalue weighted by Gasteiger charge is -1.93. The lowest BCUT2D eigenvalue weighted by atomic mass is 10.5. The van der Waals surface area contributed by atoms with Crippen molar-refractivity contribution in [3.8, 4) is 11.8 Å². The Morgan fingerprint density at radius 3 is 3.14 bits per heavy atom. The zero-order valence-electron chi connectivity index (χ0n) is 7.11. The summed E-state index contributed by atoms with van der Waals surface area (Å²) in [6.07, 6.45) is 1.66. The first kappa shape index (κ1) is 9.38. The van der Waals surface area contributed by atoms with Crippen molar-refractivity contribution < 1.29 is 0 Å². The van der Waals surface area contributed by atoms with Gasteiger partial charge in [0.05, 0.1) is 11.9 Å². The van der Waals surface area contributed by atoms with E-state index in [1.54, 1.807) is 22.8 Å². The van der Waals surface area contributed by atoms with Gasteiger partial charge in [-0.05, 0) is 18.1 Å². The molecule has 70 valence electrons. The molecule has 0 spiro atoms. The Hall–Kier alpha value is -1.18. The third kappa shape index (κ3) is 1.69. The van der Waals surface area contributed by atoms with E-state index in [4.69, 9.17) is 11.6 Å². The van der Waals surface area contributed by atoms with Crippen molar-refractivity contribution >= 4 is 29.9 Å². The number of nitrogens with zero attached hydrogens (tertiary/aromatic N) is 3. The van der Waals surface area contributed by atoms with Gasteiger partial charge in [-0.15, -0.1) is 0 Å². The molecule has 0 saturated carbocycles. The van der Waals surface area contributed by atoms with E-state index in [0.717, 1.165) is 11.3 Å². The Morgan fingerprint density at radius 1 is 1.50 bits per heavy atom. The highest BCUT2D eigenvalue weighted by molar-refractivity contribution is 7.80. The van der Waals surface area contributed by atoms with Crippen LogP contribution in [-0.2, 0) is 0 Å². The van der Waals surface area contributed by atoms with Gasteiger partial charge in [-0.3, -0.25) is 0 Å². The fraction of sp³-hybridized carbons (Fsp3) is 0.111. The van der Waals surface area contributed by atoms with Gasteiger partial charge in [-0.25, -0.2) is 9.50 Å². The van der Waals surface area contributed by atoms with E-state index >= 15 is 0 Å². The number of hydrogen-bond donors (Lipinski definition) is 1. The van der Waals surface area contributed by atoms with E-state index in [2.05, 4.69) is 34.6 Å². The minimum atomic E-state index is 0.421. The molecule has 0 amide bonds. The second-order valence-electron chi connectivity index (χ2n) is 2.53. The minimum absolute atomic E-state index is 0.421. The van der Waals surface area contributed by atoms with Crippen LogP contribution >= 0.6 is 24.2 Å². The molecule has 2 heterocycles. The van der Waals surface area contributed by atoms with Gasteiger partial charge < -0.3 is 0 Å². The molecule has 0 unspecified atom stereocenters. The Balaban J connectivity index is 2.61. The average molecular weight is 224 g/mol. The van der Waals surface area contributed by atoms with Gasteiger partial charge in [-0.2, -0.15) is 17.7 Å². The van der Waals surface area contributed by atoms with Crippen molar-refractivity contribution in [3.05, 3.63) is 29.2 Å². The van der Waals surface area contributed by atoms with E-state index in [1.807, 2.05) is 0 Å². The molecule has 0 atom stereocenters. The van der Waals surface area contributed by atoms with Gasteiger partial charge >= 0.3 is 0 Å². The minimum Gasteiger partial charge on any atom is -0.234 e. The van der Waals surface area contributed by atoms with Gasteiger partial charge in [0.2, 0.25) is 0 Å². The van der Waals surface area contributed by atoms with Crippen molar-refractivity contribution in [3.63, 3.8) is 0 Å². The van der Waals surface area contributed by atoms with Crippen LogP contribution in [-0.4, -0.2) is 20.4 Å². The Bertz CT molecular complexity index is 524. The maximum Gasteiger partial charge on any atom is 0.155 e. The van der Waals surface area contributed by atoms with Gasteiger partial charge in [0, 0.05) is 0 Å². The number of fused-ring (bicyclic) bond motifs is 1. The Morgan fingerprint density at radius 2 is 2.36 bits per heavy atom. The normalized spacial score (nSPS) is 9.86. The molecule has 0 aliphatic carbocycles. The van der Waals surface area contributed by atoms with Crippen LogP contribution in [0.3, 0.4) is 0 Å². The smallest absolute Gasteiger partial charge is 0.155 e. The summed E-state index contributed by atoms with van der Waals surface area (Å²) in [6, 6.07) is 3.49. The van der Waals surface area contributed by atoms with Crippen LogP contribution < -0.4 is 0 Å². The van der Waals surface area contributed by atoms with E-state index in [-0.39, 0.29) is 0 Å². The van der Waals surface area contributed by atoms with Crippen LogP contribution in [0.4, 0.5) is 0 Å². The molecule has 2 aromatic heterocycles. The van der Waals surface area contributed by atoms with E-state index in [0.29, 0.717) is 10.9 Å². The number of imidazole rings is 1. The molecule has 0 N–H and O–H groups in total. The fourth-order valence-corrected chi connectivity index (χ4v) is 1.28. The first-order chi connectivity index (χ1) is 6.81. The van der Waals surface area contributed by atoms with E-state index < -0.39 is 0 Å². The monoisotopic (exact) mass is 223 g/mol. The predicted octanol–water partition coefficient (Wildman–Crippen LogP) is 1.66. The topological polar surface area (TPSA) is 30.2 Å². The molecule has 3 nitrogen and oxygen atoms in total. The first-order valence-electron chi connectivity index (χ1n) is 3.91. The lowest BCUT2D eigenvalue weighted by molar-refractivity contribution is 0.924. The third-order valence-electron chi connectivity index (χ3n) is 1.63. The summed E-state index contributed by atoms with van der Waals surface area (Å²) in [6.45, 7) is 0. The highest BCUT2D eigenvalue weighted by atomic mass is 35.5. The number of thiol groups is 1. The van der Waals surface area contributed by atoms with Gasteiger partial charge in [-0.1, -0.05) is 17.5 Å². The van der Waals surface area contributed by atoms with Crippen LogP contribution in [0.15, 0.2) is 18.3 Å². The first-order valence-corrected chi connectivity index (χ1v) is 4.92. The van der Waals surface area contributed by atoms with E-state index in [9.17, 15) is 0 Å². The Kier molecular flexibility index (Phi) is 2.62. The molecular formula is C9H6ClN3S. The van der Waals surface area contributed by atoms with Crippen LogP contribution in [0.2, 0.25) is 5.15 Å². The molecule has 2 aromatic rings. The molecule has 0 aromatic carbocycles. The number of rotatable bonds is 0. The van der Waals surface area contributed by atoms with Crippen LogP contribution in [0.5, 0.6) is 0 Å². The number of aromatic nitrogens is 3. The summed E-state index contributed by atoms with van der Waals surface area (Å²) in [5.41, 5.74) is 1.45. The predicted molar refractivity (Wildman–Crippen MR) is 58.7 cm³/mol. The molecule has 5 heteroatoms. The van der Waals surface area contributed by atoms with Crippen molar-refractivity contribution in [2.24, 2.45) is 0 Å². The maximum atomic E-state index is 5.76. The summed E-state index contributed by atoms with van der Waals surface area (Å²) in [5.74, 6) is 6.24. The molecule has 0 saturated heterocycles. The number of halogens is 1. The van der Waals surface area contributed by atoms with Crippen molar-refractivity contribution in [2.75, 3.05) is 5.75 Å². The van der Waals surface area contributed by atoms with Crippen LogP contribution in [0, 0.1) is 11.8 Å². The molecule has 0 aliphatic heterocycles. The van der Waals surface area contributed by atoms with Crippen LogP contribution in [0.1, 0.15) is 5.69 Å². The summed E-state index contributed by atoms with van der Waals surface area (Å²) >= 11 is 9.76. The molecule has 0 aliphatic rings. The molecular weight excluding hydrogens is 218 g/mol.